The molecule has 0 amide bonds. The zero-order valence-corrected chi connectivity index (χ0v) is 15.8. The van der Waals surface area contributed by atoms with Crippen LogP contribution in [0.2, 0.25) is 0 Å². The van der Waals surface area contributed by atoms with Gasteiger partial charge < -0.3 is 5.32 Å². The van der Waals surface area contributed by atoms with Crippen molar-refractivity contribution in [3.63, 3.8) is 0 Å². The molecule has 2 heterocycles. The topological polar surface area (TPSA) is 58.2 Å². The molecule has 0 aliphatic heterocycles. The Labute approximate surface area is 141 Å². The molecule has 21 heavy (non-hydrogen) atoms. The Morgan fingerprint density at radius 3 is 2.67 bits per heavy atom. The van der Waals surface area contributed by atoms with Gasteiger partial charge in [-0.05, 0) is 52.5 Å². The lowest BCUT2D eigenvalue weighted by molar-refractivity contribution is 0.584. The van der Waals surface area contributed by atoms with E-state index in [1.165, 1.54) is 22.7 Å². The molecule has 2 aromatic heterocycles. The Balaban J connectivity index is 2.10. The highest BCUT2D eigenvalue weighted by atomic mass is 79.9. The van der Waals surface area contributed by atoms with Gasteiger partial charge in [0, 0.05) is 27.3 Å². The molecule has 0 radical (unpaired) electrons. The Hall–Kier alpha value is -0.250. The zero-order valence-electron chi connectivity index (χ0n) is 11.8. The Morgan fingerprint density at radius 2 is 2.05 bits per heavy atom. The summed E-state index contributed by atoms with van der Waals surface area (Å²) in [6.07, 6.45) is 0. The molecule has 0 fully saturated rings. The highest BCUT2D eigenvalue weighted by Gasteiger charge is 2.19. The molecule has 4 nitrogen and oxygen atoms in total. The number of thiophene rings is 2. The van der Waals surface area contributed by atoms with E-state index in [1.54, 1.807) is 6.07 Å². The van der Waals surface area contributed by atoms with Crippen LogP contribution in [0.25, 0.3) is 0 Å². The number of halogens is 1. The molecule has 8 heteroatoms. The maximum absolute atomic E-state index is 12.3. The fraction of sp³-hybridized carbons (Fsp3) is 0.385. The van der Waals surface area contributed by atoms with Crippen LogP contribution in [-0.2, 0) is 23.1 Å². The van der Waals surface area contributed by atoms with E-state index in [9.17, 15) is 8.42 Å². The minimum atomic E-state index is -3.45. The van der Waals surface area contributed by atoms with Gasteiger partial charge in [0.1, 0.15) is 4.21 Å². The Bertz CT molecular complexity index is 707. The molecule has 0 saturated heterocycles. The smallest absolute Gasteiger partial charge is 0.250 e. The number of sulfonamides is 1. The van der Waals surface area contributed by atoms with Crippen LogP contribution in [0.3, 0.4) is 0 Å². The average Bonchev–Trinajstić information content (AvgIpc) is 3.01. The number of hydrogen-bond acceptors (Lipinski definition) is 5. The van der Waals surface area contributed by atoms with Gasteiger partial charge in [0.15, 0.2) is 0 Å². The standard InChI is InChI=1S/C13H17BrN2O2S3/c1-3-15-7-11-9(2)6-13(20-11)21(17,18)16-8-12-10(14)4-5-19-12/h4-6,15-16H,3,7-8H2,1-2H3. The van der Waals surface area contributed by atoms with Gasteiger partial charge in [-0.2, -0.15) is 0 Å². The summed E-state index contributed by atoms with van der Waals surface area (Å²) in [5.74, 6) is 0. The maximum atomic E-state index is 12.3. The second-order valence-corrected chi connectivity index (χ2v) is 9.45. The van der Waals surface area contributed by atoms with Crippen molar-refractivity contribution in [1.82, 2.24) is 10.0 Å². The SMILES string of the molecule is CCNCc1sc(S(=O)(=O)NCc2sccc2Br)cc1C. The first-order valence-corrected chi connectivity index (χ1v) is 10.4. The van der Waals surface area contributed by atoms with Gasteiger partial charge >= 0.3 is 0 Å². The molecule has 0 aliphatic carbocycles. The molecule has 2 N–H and O–H groups in total. The normalized spacial score (nSPS) is 12.0. The quantitative estimate of drug-likeness (QED) is 0.736. The number of nitrogens with one attached hydrogen (secondary N) is 2. The van der Waals surface area contributed by atoms with E-state index in [0.29, 0.717) is 17.3 Å². The minimum absolute atomic E-state index is 0.306. The van der Waals surface area contributed by atoms with Gasteiger partial charge in [-0.25, -0.2) is 13.1 Å². The van der Waals surface area contributed by atoms with E-state index in [0.717, 1.165) is 26.3 Å². The summed E-state index contributed by atoms with van der Waals surface area (Å²) < 4.78 is 28.7. The second kappa shape index (κ2) is 7.34. The molecule has 0 saturated carbocycles. The molecule has 2 aromatic rings. The van der Waals surface area contributed by atoms with E-state index < -0.39 is 10.0 Å². The van der Waals surface area contributed by atoms with Crippen molar-refractivity contribution in [1.29, 1.82) is 0 Å². The first-order chi connectivity index (χ1) is 9.94. The van der Waals surface area contributed by atoms with Crippen LogP contribution in [0.4, 0.5) is 0 Å². The summed E-state index contributed by atoms with van der Waals surface area (Å²) in [4.78, 5) is 2.04. The molecule has 116 valence electrons. The summed E-state index contributed by atoms with van der Waals surface area (Å²) in [7, 11) is -3.45. The van der Waals surface area contributed by atoms with E-state index in [4.69, 9.17) is 0 Å². The van der Waals surface area contributed by atoms with Crippen molar-refractivity contribution in [2.24, 2.45) is 0 Å². The molecule has 0 aromatic carbocycles. The number of hydrogen-bond donors (Lipinski definition) is 2. The van der Waals surface area contributed by atoms with Crippen LogP contribution in [0, 0.1) is 6.92 Å². The summed E-state index contributed by atoms with van der Waals surface area (Å²) in [5, 5.41) is 5.15. The van der Waals surface area contributed by atoms with Crippen molar-refractivity contribution in [3.8, 4) is 0 Å². The molecule has 0 aliphatic rings. The van der Waals surface area contributed by atoms with E-state index in [2.05, 4.69) is 26.0 Å². The van der Waals surface area contributed by atoms with Gasteiger partial charge in [0.05, 0.1) is 0 Å². The molecule has 0 unspecified atom stereocenters. The fourth-order valence-corrected chi connectivity index (χ4v) is 5.84. The minimum Gasteiger partial charge on any atom is -0.312 e. The Kier molecular flexibility index (Phi) is 5.98. The van der Waals surface area contributed by atoms with Gasteiger partial charge in [0.2, 0.25) is 10.0 Å². The maximum Gasteiger partial charge on any atom is 0.250 e. The van der Waals surface area contributed by atoms with E-state index in [-0.39, 0.29) is 0 Å². The Morgan fingerprint density at radius 1 is 1.29 bits per heavy atom. The van der Waals surface area contributed by atoms with Crippen molar-refractivity contribution >= 4 is 48.6 Å². The number of aryl methyl sites for hydroxylation is 1. The summed E-state index contributed by atoms with van der Waals surface area (Å²) in [6, 6.07) is 3.65. The van der Waals surface area contributed by atoms with Crippen LogP contribution in [0.1, 0.15) is 22.2 Å². The lowest BCUT2D eigenvalue weighted by atomic mass is 10.3. The van der Waals surface area contributed by atoms with E-state index in [1.807, 2.05) is 25.3 Å². The third kappa shape index (κ3) is 4.37. The lowest BCUT2D eigenvalue weighted by Gasteiger charge is -2.03. The molecule has 2 rings (SSSR count). The molecule has 0 spiro atoms. The third-order valence-corrected chi connectivity index (χ3v) is 7.95. The average molecular weight is 409 g/mol. The summed E-state index contributed by atoms with van der Waals surface area (Å²) in [5.41, 5.74) is 1.01. The second-order valence-electron chi connectivity index (χ2n) is 4.47. The number of rotatable bonds is 7. The molecular formula is C13H17BrN2O2S3. The summed E-state index contributed by atoms with van der Waals surface area (Å²) in [6.45, 7) is 5.85. The largest absolute Gasteiger partial charge is 0.312 e. The van der Waals surface area contributed by atoms with Gasteiger partial charge in [-0.1, -0.05) is 6.92 Å². The highest BCUT2D eigenvalue weighted by Crippen LogP contribution is 2.27. The molecule has 0 atom stereocenters. The van der Waals surface area contributed by atoms with Crippen molar-refractivity contribution in [3.05, 3.63) is 37.3 Å². The van der Waals surface area contributed by atoms with Crippen LogP contribution in [-0.4, -0.2) is 15.0 Å². The highest BCUT2D eigenvalue weighted by molar-refractivity contribution is 9.10. The molecule has 0 bridgehead atoms. The van der Waals surface area contributed by atoms with Gasteiger partial charge in [-0.15, -0.1) is 22.7 Å². The van der Waals surface area contributed by atoms with E-state index >= 15 is 0 Å². The van der Waals surface area contributed by atoms with Crippen LogP contribution >= 0.6 is 38.6 Å². The van der Waals surface area contributed by atoms with Crippen molar-refractivity contribution in [2.75, 3.05) is 6.54 Å². The monoisotopic (exact) mass is 408 g/mol. The van der Waals surface area contributed by atoms with Crippen molar-refractivity contribution < 1.29 is 8.42 Å². The molecular weight excluding hydrogens is 392 g/mol. The predicted molar refractivity (Wildman–Crippen MR) is 92.5 cm³/mol. The first-order valence-electron chi connectivity index (χ1n) is 6.45. The van der Waals surface area contributed by atoms with Crippen LogP contribution in [0.15, 0.2) is 26.2 Å². The van der Waals surface area contributed by atoms with Crippen LogP contribution < -0.4 is 10.0 Å². The van der Waals surface area contributed by atoms with Gasteiger partial charge in [0.25, 0.3) is 0 Å². The third-order valence-electron chi connectivity index (χ3n) is 2.91. The zero-order chi connectivity index (χ0) is 15.5. The predicted octanol–water partition coefficient (Wildman–Crippen LogP) is 3.47. The summed E-state index contributed by atoms with van der Waals surface area (Å²) >= 11 is 6.26. The van der Waals surface area contributed by atoms with Gasteiger partial charge in [-0.3, -0.25) is 0 Å². The van der Waals surface area contributed by atoms with Crippen molar-refractivity contribution in [2.45, 2.75) is 31.1 Å². The lowest BCUT2D eigenvalue weighted by Crippen LogP contribution is -2.22. The van der Waals surface area contributed by atoms with Crippen LogP contribution in [0.5, 0.6) is 0 Å². The first kappa shape index (κ1) is 17.1. The fourth-order valence-electron chi connectivity index (χ4n) is 1.72.